The molecule has 0 radical (unpaired) electrons. The van der Waals surface area contributed by atoms with Crippen LogP contribution >= 0.6 is 22.6 Å². The Balaban J connectivity index is 2.73. The number of anilines is 1. The number of ether oxygens (including phenoxy) is 1. The van der Waals surface area contributed by atoms with Crippen LogP contribution < -0.4 is 5.32 Å². The van der Waals surface area contributed by atoms with Gasteiger partial charge in [-0.15, -0.1) is 0 Å². The molecule has 0 bridgehead atoms. The van der Waals surface area contributed by atoms with Gasteiger partial charge in [0, 0.05) is 13.3 Å². The van der Waals surface area contributed by atoms with Crippen molar-refractivity contribution < 1.29 is 4.74 Å². The van der Waals surface area contributed by atoms with Crippen LogP contribution in [0.25, 0.3) is 0 Å². The summed E-state index contributed by atoms with van der Waals surface area (Å²) in [6, 6.07) is 0. The lowest BCUT2D eigenvalue weighted by Gasteiger charge is -2.26. The van der Waals surface area contributed by atoms with Crippen LogP contribution in [0.5, 0.6) is 0 Å². The van der Waals surface area contributed by atoms with Gasteiger partial charge in [-0.2, -0.15) is 0 Å². The quantitative estimate of drug-likeness (QED) is 0.863. The summed E-state index contributed by atoms with van der Waals surface area (Å²) in [5.41, 5.74) is -0.122. The summed E-state index contributed by atoms with van der Waals surface area (Å²) in [5, 5.41) is 3.30. The third kappa shape index (κ3) is 3.38. The van der Waals surface area contributed by atoms with E-state index in [4.69, 9.17) is 4.74 Å². The molecule has 0 aliphatic heterocycles. The Bertz CT molecular complexity index is 304. The molecule has 0 saturated carbocycles. The second-order valence-electron chi connectivity index (χ2n) is 3.66. The van der Waals surface area contributed by atoms with Gasteiger partial charge in [0.2, 0.25) is 0 Å². The van der Waals surface area contributed by atoms with Crippen molar-refractivity contribution >= 4 is 28.4 Å². The largest absolute Gasteiger partial charge is 0.382 e. The van der Waals surface area contributed by atoms with Crippen molar-refractivity contribution in [2.24, 2.45) is 0 Å². The summed E-state index contributed by atoms with van der Waals surface area (Å²) >= 11 is 2.20. The fraction of sp³-hybridized carbons (Fsp3) is 0.556. The van der Waals surface area contributed by atoms with Gasteiger partial charge in [0.05, 0.1) is 15.7 Å². The molecule has 0 aliphatic rings. The Morgan fingerprint density at radius 1 is 1.57 bits per heavy atom. The number of aromatic nitrogens is 2. The number of hydrogen-bond acceptors (Lipinski definition) is 4. The summed E-state index contributed by atoms with van der Waals surface area (Å²) in [6.45, 7) is 4.76. The average molecular weight is 307 g/mol. The molecule has 1 heterocycles. The third-order valence-electron chi connectivity index (χ3n) is 1.63. The highest BCUT2D eigenvalue weighted by molar-refractivity contribution is 14.1. The number of halogens is 1. The van der Waals surface area contributed by atoms with E-state index in [1.54, 1.807) is 13.3 Å². The van der Waals surface area contributed by atoms with Crippen molar-refractivity contribution in [3.05, 3.63) is 16.1 Å². The van der Waals surface area contributed by atoms with Gasteiger partial charge in [0.25, 0.3) is 0 Å². The number of nitrogens with one attached hydrogen (secondary N) is 1. The van der Waals surface area contributed by atoms with Crippen LogP contribution in [-0.4, -0.2) is 29.2 Å². The molecule has 0 atom stereocenters. The van der Waals surface area contributed by atoms with E-state index in [2.05, 4.69) is 51.7 Å². The summed E-state index contributed by atoms with van der Waals surface area (Å²) in [5.74, 6) is 0.850. The molecule has 0 unspecified atom stereocenters. The van der Waals surface area contributed by atoms with Gasteiger partial charge in [-0.3, -0.25) is 0 Å². The summed E-state index contributed by atoms with van der Waals surface area (Å²) < 4.78 is 6.12. The van der Waals surface area contributed by atoms with E-state index in [0.717, 1.165) is 9.39 Å². The minimum atomic E-state index is -0.122. The molecular formula is C9H14IN3O. The molecule has 4 nitrogen and oxygen atoms in total. The van der Waals surface area contributed by atoms with Gasteiger partial charge in [-0.25, -0.2) is 9.97 Å². The first kappa shape index (κ1) is 11.6. The fourth-order valence-corrected chi connectivity index (χ4v) is 1.56. The molecule has 1 aromatic rings. The van der Waals surface area contributed by atoms with E-state index >= 15 is 0 Å². The van der Waals surface area contributed by atoms with E-state index in [1.807, 2.05) is 0 Å². The predicted octanol–water partition coefficient (Wildman–Crippen LogP) is 1.92. The van der Waals surface area contributed by atoms with Crippen LogP contribution in [0.4, 0.5) is 5.82 Å². The minimum absolute atomic E-state index is 0.122. The van der Waals surface area contributed by atoms with Gasteiger partial charge in [-0.1, -0.05) is 0 Å². The lowest BCUT2D eigenvalue weighted by Crippen LogP contribution is -2.36. The second-order valence-corrected chi connectivity index (χ2v) is 4.82. The summed E-state index contributed by atoms with van der Waals surface area (Å²) in [7, 11) is 1.69. The second kappa shape index (κ2) is 4.88. The first-order valence-electron chi connectivity index (χ1n) is 4.28. The third-order valence-corrected chi connectivity index (χ3v) is 2.42. The van der Waals surface area contributed by atoms with Crippen molar-refractivity contribution in [3.63, 3.8) is 0 Å². The van der Waals surface area contributed by atoms with E-state index in [0.29, 0.717) is 6.61 Å². The zero-order valence-corrected chi connectivity index (χ0v) is 10.7. The Labute approximate surface area is 97.6 Å². The molecule has 14 heavy (non-hydrogen) atoms. The first-order valence-corrected chi connectivity index (χ1v) is 5.36. The molecule has 5 heteroatoms. The van der Waals surface area contributed by atoms with Crippen molar-refractivity contribution in [2.75, 3.05) is 19.0 Å². The first-order chi connectivity index (χ1) is 6.55. The molecule has 78 valence electrons. The zero-order chi connectivity index (χ0) is 10.6. The predicted molar refractivity (Wildman–Crippen MR) is 64.3 cm³/mol. The maximum Gasteiger partial charge on any atom is 0.143 e. The molecule has 0 saturated heterocycles. The lowest BCUT2D eigenvalue weighted by atomic mass is 10.1. The van der Waals surface area contributed by atoms with E-state index < -0.39 is 0 Å². The van der Waals surface area contributed by atoms with Crippen molar-refractivity contribution in [3.8, 4) is 0 Å². The number of methoxy groups -OCH3 is 1. The van der Waals surface area contributed by atoms with Crippen LogP contribution in [0.15, 0.2) is 12.5 Å². The maximum atomic E-state index is 5.11. The van der Waals surface area contributed by atoms with Gasteiger partial charge >= 0.3 is 0 Å². The van der Waals surface area contributed by atoms with E-state index in [9.17, 15) is 0 Å². The van der Waals surface area contributed by atoms with Crippen molar-refractivity contribution in [2.45, 2.75) is 19.4 Å². The molecular weight excluding hydrogens is 293 g/mol. The van der Waals surface area contributed by atoms with Crippen LogP contribution in [0, 0.1) is 3.57 Å². The van der Waals surface area contributed by atoms with Crippen LogP contribution in [0.3, 0.4) is 0 Å². The molecule has 1 aromatic heterocycles. The standard InChI is InChI=1S/C9H14IN3O/c1-9(2,5-14-3)13-8-7(10)4-11-6-12-8/h4,6H,5H2,1-3H3,(H,11,12,13). The Morgan fingerprint density at radius 3 is 2.86 bits per heavy atom. The molecule has 0 spiro atoms. The lowest BCUT2D eigenvalue weighted by molar-refractivity contribution is 0.158. The Morgan fingerprint density at radius 2 is 2.29 bits per heavy atom. The number of hydrogen-bond donors (Lipinski definition) is 1. The van der Waals surface area contributed by atoms with Crippen LogP contribution in [0.2, 0.25) is 0 Å². The van der Waals surface area contributed by atoms with Crippen molar-refractivity contribution in [1.29, 1.82) is 0 Å². The van der Waals surface area contributed by atoms with E-state index in [-0.39, 0.29) is 5.54 Å². The smallest absolute Gasteiger partial charge is 0.143 e. The molecule has 0 amide bonds. The Kier molecular flexibility index (Phi) is 4.06. The molecule has 1 N–H and O–H groups in total. The van der Waals surface area contributed by atoms with Gasteiger partial charge in [-0.05, 0) is 36.4 Å². The SMILES string of the molecule is COCC(C)(C)Nc1ncncc1I. The fourth-order valence-electron chi connectivity index (χ4n) is 1.12. The normalized spacial score (nSPS) is 11.4. The summed E-state index contributed by atoms with van der Waals surface area (Å²) in [6.07, 6.45) is 3.31. The summed E-state index contributed by atoms with van der Waals surface area (Å²) in [4.78, 5) is 8.09. The molecule has 0 aliphatic carbocycles. The van der Waals surface area contributed by atoms with Gasteiger partial charge < -0.3 is 10.1 Å². The van der Waals surface area contributed by atoms with E-state index in [1.165, 1.54) is 6.33 Å². The average Bonchev–Trinajstić information content (AvgIpc) is 2.08. The Hall–Kier alpha value is -0.430. The molecule has 0 aromatic carbocycles. The van der Waals surface area contributed by atoms with Crippen molar-refractivity contribution in [1.82, 2.24) is 9.97 Å². The minimum Gasteiger partial charge on any atom is -0.382 e. The monoisotopic (exact) mass is 307 g/mol. The highest BCUT2D eigenvalue weighted by Crippen LogP contribution is 2.17. The maximum absolute atomic E-state index is 5.11. The van der Waals surface area contributed by atoms with Crippen LogP contribution in [-0.2, 0) is 4.74 Å². The highest BCUT2D eigenvalue weighted by Gasteiger charge is 2.18. The van der Waals surface area contributed by atoms with Gasteiger partial charge in [0.15, 0.2) is 0 Å². The van der Waals surface area contributed by atoms with Crippen LogP contribution in [0.1, 0.15) is 13.8 Å². The molecule has 1 rings (SSSR count). The van der Waals surface area contributed by atoms with Gasteiger partial charge in [0.1, 0.15) is 12.1 Å². The molecule has 0 fully saturated rings. The zero-order valence-electron chi connectivity index (χ0n) is 8.54. The number of rotatable bonds is 4. The highest BCUT2D eigenvalue weighted by atomic mass is 127. The number of nitrogens with zero attached hydrogens (tertiary/aromatic N) is 2. The topological polar surface area (TPSA) is 47.0 Å².